The summed E-state index contributed by atoms with van der Waals surface area (Å²) in [5.74, 6) is 1.74. The van der Waals surface area contributed by atoms with Gasteiger partial charge in [0.1, 0.15) is 22.0 Å². The van der Waals surface area contributed by atoms with Crippen LogP contribution in [0.2, 0.25) is 0 Å². The number of para-hydroxylation sites is 1. The number of aryl methyl sites for hydroxylation is 1. The molecule has 0 radical (unpaired) electrons. The van der Waals surface area contributed by atoms with Crippen LogP contribution in [0.5, 0.6) is 11.5 Å². The Bertz CT molecular complexity index is 1070. The molecule has 7 heteroatoms. The Labute approximate surface area is 183 Å². The molecule has 0 saturated carbocycles. The summed E-state index contributed by atoms with van der Waals surface area (Å²) in [6.45, 7) is 7.17. The van der Waals surface area contributed by atoms with Crippen LogP contribution in [0.15, 0.2) is 42.5 Å². The highest BCUT2D eigenvalue weighted by Gasteiger charge is 2.26. The molecule has 0 atom stereocenters. The van der Waals surface area contributed by atoms with Crippen molar-refractivity contribution in [2.24, 2.45) is 0 Å². The van der Waals surface area contributed by atoms with Gasteiger partial charge in [-0.1, -0.05) is 68.8 Å². The minimum absolute atomic E-state index is 0.613. The SMILES string of the molecule is Cc1ccc(-c2c(N3CCN(c4cccc5c4OCCO5)CC3)ssc2=S)cc1. The lowest BCUT2D eigenvalue weighted by molar-refractivity contribution is 0.172. The van der Waals surface area contributed by atoms with Crippen molar-refractivity contribution in [2.75, 3.05) is 49.2 Å². The molecule has 0 spiro atoms. The molecule has 0 unspecified atom stereocenters. The monoisotopic (exact) mass is 442 g/mol. The molecule has 2 aliphatic heterocycles. The van der Waals surface area contributed by atoms with Gasteiger partial charge >= 0.3 is 0 Å². The van der Waals surface area contributed by atoms with E-state index in [1.807, 2.05) is 6.07 Å². The zero-order valence-corrected chi connectivity index (χ0v) is 18.7. The molecule has 1 saturated heterocycles. The molecule has 2 aliphatic rings. The van der Waals surface area contributed by atoms with Gasteiger partial charge in [-0.3, -0.25) is 0 Å². The Morgan fingerprint density at radius 3 is 2.38 bits per heavy atom. The first-order valence-electron chi connectivity index (χ1n) is 9.79. The van der Waals surface area contributed by atoms with Crippen LogP contribution in [0.1, 0.15) is 5.56 Å². The highest BCUT2D eigenvalue weighted by Crippen LogP contribution is 2.43. The van der Waals surface area contributed by atoms with Gasteiger partial charge in [0.15, 0.2) is 11.5 Å². The molecule has 3 aromatic rings. The van der Waals surface area contributed by atoms with E-state index in [2.05, 4.69) is 53.1 Å². The number of piperazine rings is 1. The zero-order chi connectivity index (χ0) is 19.8. The van der Waals surface area contributed by atoms with Crippen LogP contribution < -0.4 is 19.3 Å². The molecule has 1 aromatic heterocycles. The summed E-state index contributed by atoms with van der Waals surface area (Å²) in [4.78, 5) is 4.89. The van der Waals surface area contributed by atoms with E-state index >= 15 is 0 Å². The Morgan fingerprint density at radius 1 is 0.862 bits per heavy atom. The number of nitrogens with zero attached hydrogens (tertiary/aromatic N) is 2. The van der Waals surface area contributed by atoms with Gasteiger partial charge in [-0.15, -0.1) is 0 Å². The summed E-state index contributed by atoms with van der Waals surface area (Å²) < 4.78 is 12.7. The molecule has 2 aromatic carbocycles. The normalized spacial score (nSPS) is 16.2. The molecule has 0 amide bonds. The van der Waals surface area contributed by atoms with Crippen molar-refractivity contribution < 1.29 is 9.47 Å². The van der Waals surface area contributed by atoms with Crippen LogP contribution in [0.4, 0.5) is 10.7 Å². The summed E-state index contributed by atoms with van der Waals surface area (Å²) in [6, 6.07) is 14.9. The van der Waals surface area contributed by atoms with Crippen LogP contribution in [-0.4, -0.2) is 39.4 Å². The summed E-state index contributed by atoms with van der Waals surface area (Å²) >= 11 is 5.69. The Balaban J connectivity index is 1.37. The molecule has 3 heterocycles. The van der Waals surface area contributed by atoms with E-state index in [-0.39, 0.29) is 0 Å². The number of hydrogen-bond acceptors (Lipinski definition) is 7. The maximum atomic E-state index is 5.92. The third kappa shape index (κ3) is 3.63. The smallest absolute Gasteiger partial charge is 0.184 e. The summed E-state index contributed by atoms with van der Waals surface area (Å²) in [5, 5.41) is 1.30. The Hall–Kier alpha value is -2.09. The molecule has 1 fully saturated rings. The van der Waals surface area contributed by atoms with Crippen LogP contribution in [0, 0.1) is 10.7 Å². The molecular formula is C22H22N2O2S3. The van der Waals surface area contributed by atoms with E-state index in [0.717, 1.165) is 47.2 Å². The predicted molar refractivity (Wildman–Crippen MR) is 125 cm³/mol. The Kier molecular flexibility index (Phi) is 5.20. The third-order valence-electron chi connectivity index (χ3n) is 5.41. The van der Waals surface area contributed by atoms with E-state index < -0.39 is 0 Å². The standard InChI is InChI=1S/C22H22N2O2S3/c1-15-5-7-16(8-6-15)19-21(28-29-22(19)27)24-11-9-23(10-12-24)17-3-2-4-18-20(17)26-14-13-25-18/h2-8H,9-14H2,1H3. The predicted octanol–water partition coefficient (Wildman–Crippen LogP) is 5.61. The average Bonchev–Trinajstić information content (AvgIpc) is 3.15. The van der Waals surface area contributed by atoms with E-state index in [0.29, 0.717) is 13.2 Å². The average molecular weight is 443 g/mol. The summed E-state index contributed by atoms with van der Waals surface area (Å²) in [6.07, 6.45) is 0. The first-order valence-corrected chi connectivity index (χ1v) is 12.4. The number of hydrogen-bond donors (Lipinski definition) is 0. The quantitative estimate of drug-likeness (QED) is 0.388. The van der Waals surface area contributed by atoms with Crippen LogP contribution in [0.3, 0.4) is 0 Å². The van der Waals surface area contributed by atoms with Crippen LogP contribution >= 0.6 is 32.9 Å². The highest BCUT2D eigenvalue weighted by molar-refractivity contribution is 7.80. The number of ether oxygens (including phenoxy) is 2. The minimum atomic E-state index is 0.613. The second kappa shape index (κ2) is 7.97. The molecule has 0 aliphatic carbocycles. The minimum Gasteiger partial charge on any atom is -0.486 e. The topological polar surface area (TPSA) is 24.9 Å². The number of benzene rings is 2. The van der Waals surface area contributed by atoms with Crippen molar-refractivity contribution in [3.05, 3.63) is 51.9 Å². The maximum absolute atomic E-state index is 5.92. The molecule has 5 rings (SSSR count). The van der Waals surface area contributed by atoms with Crippen molar-refractivity contribution in [3.8, 4) is 22.6 Å². The van der Waals surface area contributed by atoms with Gasteiger partial charge in [0.2, 0.25) is 0 Å². The van der Waals surface area contributed by atoms with Gasteiger partial charge in [0, 0.05) is 31.7 Å². The van der Waals surface area contributed by atoms with Gasteiger partial charge in [-0.05, 0) is 24.6 Å². The second-order valence-electron chi connectivity index (χ2n) is 7.28. The lowest BCUT2D eigenvalue weighted by Crippen LogP contribution is -2.46. The van der Waals surface area contributed by atoms with Crippen molar-refractivity contribution in [3.63, 3.8) is 0 Å². The first-order chi connectivity index (χ1) is 14.2. The van der Waals surface area contributed by atoms with Crippen molar-refractivity contribution >= 4 is 43.6 Å². The van der Waals surface area contributed by atoms with E-state index in [4.69, 9.17) is 21.7 Å². The van der Waals surface area contributed by atoms with Gasteiger partial charge < -0.3 is 19.3 Å². The number of anilines is 2. The number of rotatable bonds is 3. The fourth-order valence-corrected chi connectivity index (χ4v) is 6.85. The van der Waals surface area contributed by atoms with E-state index in [1.165, 1.54) is 21.7 Å². The maximum Gasteiger partial charge on any atom is 0.184 e. The summed E-state index contributed by atoms with van der Waals surface area (Å²) in [7, 11) is 3.51. The van der Waals surface area contributed by atoms with Crippen molar-refractivity contribution in [1.82, 2.24) is 0 Å². The molecule has 150 valence electrons. The molecule has 0 N–H and O–H groups in total. The van der Waals surface area contributed by atoms with Crippen LogP contribution in [0.25, 0.3) is 11.1 Å². The number of fused-ring (bicyclic) bond motifs is 1. The third-order valence-corrected chi connectivity index (χ3v) is 8.46. The summed E-state index contributed by atoms with van der Waals surface area (Å²) in [5.41, 5.74) is 4.85. The molecule has 0 bridgehead atoms. The lowest BCUT2D eigenvalue weighted by atomic mass is 10.1. The van der Waals surface area contributed by atoms with E-state index in [9.17, 15) is 0 Å². The van der Waals surface area contributed by atoms with Gasteiger partial charge in [0.25, 0.3) is 0 Å². The van der Waals surface area contributed by atoms with Crippen LogP contribution in [-0.2, 0) is 0 Å². The fourth-order valence-electron chi connectivity index (χ4n) is 3.88. The largest absolute Gasteiger partial charge is 0.486 e. The zero-order valence-electron chi connectivity index (χ0n) is 16.2. The molecule has 4 nitrogen and oxygen atoms in total. The van der Waals surface area contributed by atoms with Crippen molar-refractivity contribution in [1.29, 1.82) is 0 Å². The van der Waals surface area contributed by atoms with Gasteiger partial charge in [0.05, 0.1) is 5.69 Å². The molecule has 29 heavy (non-hydrogen) atoms. The van der Waals surface area contributed by atoms with Gasteiger partial charge in [-0.2, -0.15) is 0 Å². The second-order valence-corrected chi connectivity index (χ2v) is 10.1. The highest BCUT2D eigenvalue weighted by atomic mass is 32.9. The van der Waals surface area contributed by atoms with Gasteiger partial charge in [-0.25, -0.2) is 0 Å². The fraction of sp³-hybridized carbons (Fsp3) is 0.318. The first kappa shape index (κ1) is 18.9. The van der Waals surface area contributed by atoms with Crippen molar-refractivity contribution in [2.45, 2.75) is 6.92 Å². The van der Waals surface area contributed by atoms with E-state index in [1.54, 1.807) is 20.7 Å². The molecular weight excluding hydrogens is 420 g/mol. The lowest BCUT2D eigenvalue weighted by Gasteiger charge is -2.38. The Morgan fingerprint density at radius 2 is 1.59 bits per heavy atom.